The summed E-state index contributed by atoms with van der Waals surface area (Å²) in [7, 11) is 5.39. The van der Waals surface area contributed by atoms with Crippen LogP contribution in [0.25, 0.3) is 0 Å². The average molecular weight is 174 g/mol. The number of hydrogen-bond acceptors (Lipinski definition) is 3. The van der Waals surface area contributed by atoms with Gasteiger partial charge in [-0.25, -0.2) is 0 Å². The summed E-state index contributed by atoms with van der Waals surface area (Å²) in [6.07, 6.45) is 0.871. The van der Waals surface area contributed by atoms with Gasteiger partial charge in [0, 0.05) is 20.3 Å². The highest BCUT2D eigenvalue weighted by Gasteiger charge is 2.00. The van der Waals surface area contributed by atoms with Crippen molar-refractivity contribution in [2.75, 3.05) is 40.9 Å². The van der Waals surface area contributed by atoms with Gasteiger partial charge in [0.2, 0.25) is 5.91 Å². The van der Waals surface area contributed by atoms with Crippen molar-refractivity contribution in [3.63, 3.8) is 0 Å². The zero-order chi connectivity index (χ0) is 9.40. The lowest BCUT2D eigenvalue weighted by atomic mass is 10.4. The number of ether oxygens (including phenoxy) is 1. The van der Waals surface area contributed by atoms with Crippen LogP contribution >= 0.6 is 0 Å². The Morgan fingerprint density at radius 2 is 2.17 bits per heavy atom. The molecule has 0 saturated carbocycles. The van der Waals surface area contributed by atoms with Crippen LogP contribution in [0.2, 0.25) is 0 Å². The molecular weight excluding hydrogens is 156 g/mol. The number of amides is 1. The van der Waals surface area contributed by atoms with Gasteiger partial charge in [0.1, 0.15) is 0 Å². The first-order chi connectivity index (χ1) is 5.66. The lowest BCUT2D eigenvalue weighted by Crippen LogP contribution is -2.34. The Labute approximate surface area is 73.9 Å². The molecule has 1 N–H and O–H groups in total. The first kappa shape index (κ1) is 11.4. The third-order valence-electron chi connectivity index (χ3n) is 1.31. The first-order valence-corrected chi connectivity index (χ1v) is 4.07. The van der Waals surface area contributed by atoms with E-state index in [9.17, 15) is 4.79 Å². The number of carbonyl (C=O) groups excluding carboxylic acids is 1. The highest BCUT2D eigenvalue weighted by Crippen LogP contribution is 1.78. The molecule has 1 amide bonds. The zero-order valence-electron chi connectivity index (χ0n) is 8.09. The van der Waals surface area contributed by atoms with E-state index in [1.165, 1.54) is 0 Å². The summed E-state index contributed by atoms with van der Waals surface area (Å²) in [6.45, 7) is 1.84. The van der Waals surface area contributed by atoms with E-state index in [2.05, 4.69) is 5.32 Å². The Balaban J connectivity index is 3.20. The molecule has 0 rings (SSSR count). The smallest absolute Gasteiger partial charge is 0.234 e. The van der Waals surface area contributed by atoms with Crippen LogP contribution in [-0.4, -0.2) is 51.7 Å². The second-order valence-corrected chi connectivity index (χ2v) is 2.93. The summed E-state index contributed by atoms with van der Waals surface area (Å²) in [6, 6.07) is 0. The van der Waals surface area contributed by atoms with Gasteiger partial charge >= 0.3 is 0 Å². The van der Waals surface area contributed by atoms with Crippen LogP contribution in [0.15, 0.2) is 0 Å². The number of hydrogen-bond donors (Lipinski definition) is 1. The van der Waals surface area contributed by atoms with Gasteiger partial charge < -0.3 is 15.0 Å². The van der Waals surface area contributed by atoms with Gasteiger partial charge in [0.25, 0.3) is 0 Å². The minimum atomic E-state index is 0.0658. The Morgan fingerprint density at radius 1 is 1.50 bits per heavy atom. The van der Waals surface area contributed by atoms with E-state index >= 15 is 0 Å². The summed E-state index contributed by atoms with van der Waals surface area (Å²) >= 11 is 0. The van der Waals surface area contributed by atoms with Gasteiger partial charge in [-0.3, -0.25) is 4.79 Å². The van der Waals surface area contributed by atoms with E-state index in [-0.39, 0.29) is 5.91 Å². The monoisotopic (exact) mass is 174 g/mol. The van der Waals surface area contributed by atoms with Gasteiger partial charge in [-0.2, -0.15) is 0 Å². The molecule has 0 fully saturated rings. The van der Waals surface area contributed by atoms with Crippen molar-refractivity contribution in [3.05, 3.63) is 0 Å². The lowest BCUT2D eigenvalue weighted by Gasteiger charge is -2.09. The van der Waals surface area contributed by atoms with Crippen LogP contribution in [0.5, 0.6) is 0 Å². The second kappa shape index (κ2) is 7.06. The molecule has 0 spiro atoms. The van der Waals surface area contributed by atoms with Crippen molar-refractivity contribution in [2.45, 2.75) is 6.42 Å². The van der Waals surface area contributed by atoms with Crippen molar-refractivity contribution in [1.82, 2.24) is 10.2 Å². The number of likely N-dealkylation sites (N-methyl/N-ethyl adjacent to an activating group) is 1. The van der Waals surface area contributed by atoms with E-state index in [1.807, 2.05) is 19.0 Å². The molecule has 0 aliphatic carbocycles. The van der Waals surface area contributed by atoms with Crippen LogP contribution in [0.3, 0.4) is 0 Å². The maximum Gasteiger partial charge on any atom is 0.234 e. The fraction of sp³-hybridized carbons (Fsp3) is 0.875. The molecule has 0 aromatic carbocycles. The highest BCUT2D eigenvalue weighted by molar-refractivity contribution is 5.77. The standard InChI is InChI=1S/C8H18N2O2/c1-10(2)7-8(11)9-5-4-6-12-3/h4-7H2,1-3H3,(H,9,11). The van der Waals surface area contributed by atoms with E-state index in [4.69, 9.17) is 4.74 Å². The molecule has 0 heterocycles. The number of methoxy groups -OCH3 is 1. The molecule has 0 aliphatic heterocycles. The molecule has 0 saturated heterocycles. The number of nitrogens with one attached hydrogen (secondary N) is 1. The van der Waals surface area contributed by atoms with Crippen LogP contribution in [0, 0.1) is 0 Å². The number of nitrogens with zero attached hydrogens (tertiary/aromatic N) is 1. The van der Waals surface area contributed by atoms with Crippen LogP contribution in [-0.2, 0) is 9.53 Å². The molecule has 0 unspecified atom stereocenters. The van der Waals surface area contributed by atoms with Gasteiger partial charge in [-0.15, -0.1) is 0 Å². The maximum absolute atomic E-state index is 11.0. The fourth-order valence-corrected chi connectivity index (χ4v) is 0.787. The van der Waals surface area contributed by atoms with Gasteiger partial charge in [0.05, 0.1) is 6.54 Å². The minimum absolute atomic E-state index is 0.0658. The van der Waals surface area contributed by atoms with Gasteiger partial charge in [-0.05, 0) is 20.5 Å². The Bertz CT molecular complexity index is 126. The second-order valence-electron chi connectivity index (χ2n) is 2.93. The predicted molar refractivity (Wildman–Crippen MR) is 48.1 cm³/mol. The number of rotatable bonds is 6. The summed E-state index contributed by atoms with van der Waals surface area (Å²) in [4.78, 5) is 12.9. The van der Waals surface area contributed by atoms with Crippen molar-refractivity contribution < 1.29 is 9.53 Å². The van der Waals surface area contributed by atoms with Crippen LogP contribution in [0.4, 0.5) is 0 Å². The summed E-state index contributed by atoms with van der Waals surface area (Å²) in [5.41, 5.74) is 0. The molecule has 0 aliphatic rings. The molecule has 4 heteroatoms. The maximum atomic E-state index is 11.0. The molecule has 4 nitrogen and oxygen atoms in total. The Kier molecular flexibility index (Phi) is 6.70. The summed E-state index contributed by atoms with van der Waals surface area (Å²) in [5, 5.41) is 2.79. The molecule has 72 valence electrons. The molecule has 0 radical (unpaired) electrons. The highest BCUT2D eigenvalue weighted by atomic mass is 16.5. The largest absolute Gasteiger partial charge is 0.385 e. The molecule has 0 aromatic rings. The van der Waals surface area contributed by atoms with E-state index in [1.54, 1.807) is 7.11 Å². The Hall–Kier alpha value is -0.610. The van der Waals surface area contributed by atoms with Crippen LogP contribution in [0.1, 0.15) is 6.42 Å². The summed E-state index contributed by atoms with van der Waals surface area (Å²) in [5.74, 6) is 0.0658. The van der Waals surface area contributed by atoms with E-state index in [0.29, 0.717) is 19.7 Å². The van der Waals surface area contributed by atoms with Crippen molar-refractivity contribution in [3.8, 4) is 0 Å². The third kappa shape index (κ3) is 7.50. The van der Waals surface area contributed by atoms with E-state index < -0.39 is 0 Å². The van der Waals surface area contributed by atoms with Gasteiger partial charge in [-0.1, -0.05) is 0 Å². The van der Waals surface area contributed by atoms with Crippen molar-refractivity contribution in [2.24, 2.45) is 0 Å². The summed E-state index contributed by atoms with van der Waals surface area (Å²) < 4.78 is 4.84. The van der Waals surface area contributed by atoms with Crippen molar-refractivity contribution in [1.29, 1.82) is 0 Å². The lowest BCUT2D eigenvalue weighted by molar-refractivity contribution is -0.121. The third-order valence-corrected chi connectivity index (χ3v) is 1.31. The number of carbonyl (C=O) groups is 1. The van der Waals surface area contributed by atoms with Gasteiger partial charge in [0.15, 0.2) is 0 Å². The minimum Gasteiger partial charge on any atom is -0.385 e. The molecule has 0 atom stereocenters. The van der Waals surface area contributed by atoms with Crippen molar-refractivity contribution >= 4 is 5.91 Å². The topological polar surface area (TPSA) is 41.6 Å². The zero-order valence-corrected chi connectivity index (χ0v) is 8.09. The van der Waals surface area contributed by atoms with Crippen LogP contribution < -0.4 is 5.32 Å². The molecular formula is C8H18N2O2. The quantitative estimate of drug-likeness (QED) is 0.562. The first-order valence-electron chi connectivity index (χ1n) is 4.07. The average Bonchev–Trinajstić information content (AvgIpc) is 1.97. The Morgan fingerprint density at radius 3 is 2.67 bits per heavy atom. The molecule has 0 bridgehead atoms. The molecule has 12 heavy (non-hydrogen) atoms. The fourth-order valence-electron chi connectivity index (χ4n) is 0.787. The SMILES string of the molecule is COCCCNC(=O)CN(C)C. The molecule has 0 aromatic heterocycles. The van der Waals surface area contributed by atoms with E-state index in [0.717, 1.165) is 6.42 Å². The normalized spacial score (nSPS) is 10.3. The predicted octanol–water partition coefficient (Wildman–Crippen LogP) is -0.299.